The topological polar surface area (TPSA) is 99.1 Å². The van der Waals surface area contributed by atoms with Crippen molar-refractivity contribution >= 4 is 28.6 Å². The van der Waals surface area contributed by atoms with Crippen LogP contribution in [0.2, 0.25) is 5.02 Å². The third-order valence-electron chi connectivity index (χ3n) is 5.65. The van der Waals surface area contributed by atoms with Crippen molar-refractivity contribution in [1.29, 1.82) is 0 Å². The lowest BCUT2D eigenvalue weighted by Crippen LogP contribution is -2.11. The molecule has 10 heteroatoms. The maximum absolute atomic E-state index is 14.2. The highest BCUT2D eigenvalue weighted by molar-refractivity contribution is 6.33. The normalized spacial score (nSPS) is 18.4. The first-order chi connectivity index (χ1) is 16.3. The molecule has 1 saturated carbocycles. The van der Waals surface area contributed by atoms with E-state index in [1.165, 1.54) is 12.3 Å². The first-order valence-electron chi connectivity index (χ1n) is 11.6. The Morgan fingerprint density at radius 3 is 2.56 bits per heavy atom. The molecule has 0 spiro atoms. The van der Waals surface area contributed by atoms with Crippen LogP contribution >= 0.6 is 11.6 Å². The summed E-state index contributed by atoms with van der Waals surface area (Å²) in [6.45, 7) is 5.37. The highest BCUT2D eigenvalue weighted by Gasteiger charge is 2.15. The molecule has 1 saturated heterocycles. The van der Waals surface area contributed by atoms with Gasteiger partial charge in [0.1, 0.15) is 11.7 Å². The molecule has 1 aliphatic carbocycles. The predicted molar refractivity (Wildman–Crippen MR) is 130 cm³/mol. The van der Waals surface area contributed by atoms with Crippen LogP contribution in [0.3, 0.4) is 0 Å². The van der Waals surface area contributed by atoms with Crippen molar-refractivity contribution in [2.75, 3.05) is 18.9 Å². The molecule has 1 unspecified atom stereocenters. The number of imidazole rings is 1. The first-order valence-corrected chi connectivity index (χ1v) is 12.0. The van der Waals surface area contributed by atoms with Crippen LogP contribution in [-0.4, -0.2) is 50.1 Å². The van der Waals surface area contributed by atoms with Crippen molar-refractivity contribution in [1.82, 2.24) is 19.5 Å². The molecular formula is C24H32ClF2N5O2. The molecule has 186 valence electrons. The fourth-order valence-electron chi connectivity index (χ4n) is 3.47. The third-order valence-corrected chi connectivity index (χ3v) is 5.92. The van der Waals surface area contributed by atoms with E-state index in [-0.39, 0.29) is 18.1 Å². The Morgan fingerprint density at radius 1 is 1.18 bits per heavy atom. The molecule has 1 aromatic carbocycles. The Hall–Kier alpha value is -2.36. The second kappa shape index (κ2) is 12.4. The zero-order valence-electron chi connectivity index (χ0n) is 19.6. The number of rotatable bonds is 2. The summed E-state index contributed by atoms with van der Waals surface area (Å²) in [7, 11) is 0. The lowest BCUT2D eigenvalue weighted by Gasteiger charge is -2.14. The van der Waals surface area contributed by atoms with Gasteiger partial charge in [0, 0.05) is 18.2 Å². The molecule has 34 heavy (non-hydrogen) atoms. The number of fused-ring (bicyclic) bond motifs is 1. The van der Waals surface area contributed by atoms with Gasteiger partial charge < -0.3 is 20.1 Å². The summed E-state index contributed by atoms with van der Waals surface area (Å²) in [5.74, 6) is -0.331. The third kappa shape index (κ3) is 7.07. The molecular weight excluding hydrogens is 464 g/mol. The second-order valence-electron chi connectivity index (χ2n) is 8.75. The molecule has 0 amide bonds. The van der Waals surface area contributed by atoms with Gasteiger partial charge in [-0.25, -0.2) is 23.7 Å². The average Bonchev–Trinajstić information content (AvgIpc) is 3.08. The number of hydrogen-bond donors (Lipinski definition) is 2. The number of aliphatic hydroxyl groups excluding tert-OH is 1. The number of ether oxygens (including phenoxy) is 1. The van der Waals surface area contributed by atoms with Crippen molar-refractivity contribution in [2.45, 2.75) is 70.7 Å². The number of anilines is 1. The van der Waals surface area contributed by atoms with Crippen LogP contribution in [0.1, 0.15) is 58.4 Å². The average molecular weight is 496 g/mol. The summed E-state index contributed by atoms with van der Waals surface area (Å²) < 4.78 is 32.7. The number of nitrogens with two attached hydrogens (primary N) is 1. The number of halogens is 3. The summed E-state index contributed by atoms with van der Waals surface area (Å²) >= 11 is 6.09. The quantitative estimate of drug-likeness (QED) is 0.486. The number of benzene rings is 1. The molecule has 0 radical (unpaired) electrons. The van der Waals surface area contributed by atoms with Crippen LogP contribution in [-0.2, 0) is 4.74 Å². The molecule has 7 nitrogen and oxygen atoms in total. The standard InChI is InChI=1S/C14H13ClFN5.C6H12O2.C4H7F/c1-7(2)21-6-19-13-10(16)3-8(4-11(13)21)12-9(15)5-18-14(17)20-12;7-6-3-1-2-4-8-5-6;5-4-2-1-3-4/h3-7H,1-2H3,(H2,17,18,20);6-7H,1-5H2;4H,1-3H2. The van der Waals surface area contributed by atoms with Gasteiger partial charge in [0.05, 0.1) is 41.5 Å². The Kier molecular flexibility index (Phi) is 9.55. The van der Waals surface area contributed by atoms with E-state index in [9.17, 15) is 8.78 Å². The molecule has 3 N–H and O–H groups in total. The Bertz CT molecular complexity index is 1070. The van der Waals surface area contributed by atoms with Crippen LogP contribution in [0.15, 0.2) is 24.7 Å². The van der Waals surface area contributed by atoms with Gasteiger partial charge in [-0.3, -0.25) is 0 Å². The Labute approximate surface area is 203 Å². The zero-order valence-corrected chi connectivity index (χ0v) is 20.3. The first kappa shape index (κ1) is 26.2. The fourth-order valence-corrected chi connectivity index (χ4v) is 3.67. The Morgan fingerprint density at radius 2 is 1.91 bits per heavy atom. The molecule has 2 fully saturated rings. The molecule has 3 aromatic rings. The number of hydrogen-bond acceptors (Lipinski definition) is 6. The van der Waals surface area contributed by atoms with E-state index in [1.54, 1.807) is 12.4 Å². The smallest absolute Gasteiger partial charge is 0.220 e. The van der Waals surface area contributed by atoms with Crippen LogP contribution in [0.25, 0.3) is 22.3 Å². The van der Waals surface area contributed by atoms with E-state index in [0.717, 1.165) is 45.1 Å². The van der Waals surface area contributed by atoms with Crippen molar-refractivity contribution in [2.24, 2.45) is 0 Å². The Balaban J connectivity index is 0.000000202. The van der Waals surface area contributed by atoms with Gasteiger partial charge >= 0.3 is 0 Å². The lowest BCUT2D eigenvalue weighted by molar-refractivity contribution is 0.0512. The minimum absolute atomic E-state index is 0.0901. The van der Waals surface area contributed by atoms with Gasteiger partial charge in [-0.15, -0.1) is 0 Å². The number of nitrogens with zero attached hydrogens (tertiary/aromatic N) is 4. The SMILES string of the molecule is CC(C)n1cnc2c(F)cc(-c3nc(N)ncc3Cl)cc21.FC1CCC1.OC1CCCCOC1. The summed E-state index contributed by atoms with van der Waals surface area (Å²) in [6.07, 6.45) is 8.28. The van der Waals surface area contributed by atoms with Crippen LogP contribution in [0.5, 0.6) is 0 Å². The highest BCUT2D eigenvalue weighted by atomic mass is 35.5. The molecule has 2 aromatic heterocycles. The zero-order chi connectivity index (χ0) is 24.7. The molecule has 3 heterocycles. The predicted octanol–water partition coefficient (Wildman–Crippen LogP) is 5.51. The minimum atomic E-state index is -0.435. The number of aromatic nitrogens is 4. The van der Waals surface area contributed by atoms with E-state index in [1.807, 2.05) is 18.4 Å². The maximum Gasteiger partial charge on any atom is 0.220 e. The summed E-state index contributed by atoms with van der Waals surface area (Å²) in [5.41, 5.74) is 7.54. The molecule has 2 aliphatic rings. The van der Waals surface area contributed by atoms with Gasteiger partial charge in [-0.2, -0.15) is 0 Å². The van der Waals surface area contributed by atoms with Gasteiger partial charge in [0.2, 0.25) is 5.95 Å². The largest absolute Gasteiger partial charge is 0.391 e. The second-order valence-corrected chi connectivity index (χ2v) is 9.16. The molecule has 0 bridgehead atoms. The fraction of sp³-hybridized carbons (Fsp3) is 0.542. The molecule has 1 aliphatic heterocycles. The lowest BCUT2D eigenvalue weighted by atomic mass is 9.98. The van der Waals surface area contributed by atoms with Gasteiger partial charge in [0.15, 0.2) is 5.82 Å². The highest BCUT2D eigenvalue weighted by Crippen LogP contribution is 2.31. The monoisotopic (exact) mass is 495 g/mol. The van der Waals surface area contributed by atoms with Crippen molar-refractivity contribution in [3.05, 3.63) is 35.5 Å². The summed E-state index contributed by atoms with van der Waals surface area (Å²) in [5, 5.41) is 9.28. The van der Waals surface area contributed by atoms with Crippen molar-refractivity contribution in [3.63, 3.8) is 0 Å². The van der Waals surface area contributed by atoms with Crippen LogP contribution < -0.4 is 5.73 Å². The van der Waals surface area contributed by atoms with E-state index in [2.05, 4.69) is 15.0 Å². The molecule has 5 rings (SSSR count). The number of aliphatic hydroxyl groups is 1. The summed E-state index contributed by atoms with van der Waals surface area (Å²) in [6, 6.07) is 3.32. The van der Waals surface area contributed by atoms with Crippen LogP contribution in [0.4, 0.5) is 14.7 Å². The van der Waals surface area contributed by atoms with Crippen LogP contribution in [0, 0.1) is 5.82 Å². The minimum Gasteiger partial charge on any atom is -0.391 e. The summed E-state index contributed by atoms with van der Waals surface area (Å²) in [4.78, 5) is 12.0. The van der Waals surface area contributed by atoms with Gasteiger partial charge in [-0.05, 0) is 64.5 Å². The molecule has 1 atom stereocenters. The van der Waals surface area contributed by atoms with E-state index in [4.69, 9.17) is 27.2 Å². The van der Waals surface area contributed by atoms with Gasteiger partial charge in [0.25, 0.3) is 0 Å². The van der Waals surface area contributed by atoms with E-state index < -0.39 is 12.0 Å². The number of alkyl halides is 1. The van der Waals surface area contributed by atoms with E-state index in [0.29, 0.717) is 33.9 Å². The van der Waals surface area contributed by atoms with Gasteiger partial charge in [-0.1, -0.05) is 11.6 Å². The number of nitrogen functional groups attached to an aromatic ring is 1. The van der Waals surface area contributed by atoms with Crippen molar-refractivity contribution < 1.29 is 18.6 Å². The van der Waals surface area contributed by atoms with Crippen molar-refractivity contribution in [3.8, 4) is 11.3 Å². The maximum atomic E-state index is 14.2. The van der Waals surface area contributed by atoms with E-state index >= 15 is 0 Å².